The molecule has 1 N–H and O–H groups in total. The third kappa shape index (κ3) is 1.75. The van der Waals surface area contributed by atoms with E-state index in [9.17, 15) is 4.79 Å². The van der Waals surface area contributed by atoms with Crippen LogP contribution in [-0.4, -0.2) is 11.1 Å². The molecular formula is C9H5BrO2S2. The van der Waals surface area contributed by atoms with Crippen molar-refractivity contribution in [3.8, 4) is 9.75 Å². The van der Waals surface area contributed by atoms with Crippen LogP contribution in [0.2, 0.25) is 0 Å². The van der Waals surface area contributed by atoms with E-state index in [0.29, 0.717) is 9.35 Å². The number of hydrogen-bond acceptors (Lipinski definition) is 3. The zero-order valence-corrected chi connectivity index (χ0v) is 10.1. The molecule has 0 amide bonds. The van der Waals surface area contributed by atoms with Crippen LogP contribution >= 0.6 is 38.6 Å². The summed E-state index contributed by atoms with van der Waals surface area (Å²) in [5.41, 5.74) is 0. The molecule has 2 heterocycles. The van der Waals surface area contributed by atoms with Gasteiger partial charge in [-0.05, 0) is 33.4 Å². The first-order valence-corrected chi connectivity index (χ1v) is 6.24. The highest BCUT2D eigenvalue weighted by atomic mass is 79.9. The lowest BCUT2D eigenvalue weighted by Gasteiger charge is -1.87. The molecule has 0 aliphatic carbocycles. The van der Waals surface area contributed by atoms with E-state index in [4.69, 9.17) is 5.11 Å². The van der Waals surface area contributed by atoms with Crippen LogP contribution in [0.3, 0.4) is 0 Å². The Morgan fingerprint density at radius 3 is 2.71 bits per heavy atom. The van der Waals surface area contributed by atoms with Crippen LogP contribution in [0.5, 0.6) is 0 Å². The van der Waals surface area contributed by atoms with E-state index in [2.05, 4.69) is 15.9 Å². The Kier molecular flexibility index (Phi) is 2.71. The van der Waals surface area contributed by atoms with Crippen LogP contribution in [0.1, 0.15) is 9.67 Å². The van der Waals surface area contributed by atoms with Crippen LogP contribution in [0, 0.1) is 0 Å². The van der Waals surface area contributed by atoms with E-state index in [1.54, 1.807) is 11.3 Å². The normalized spacial score (nSPS) is 10.4. The van der Waals surface area contributed by atoms with Crippen LogP contribution in [0.25, 0.3) is 9.75 Å². The van der Waals surface area contributed by atoms with Gasteiger partial charge in [0, 0.05) is 14.2 Å². The quantitative estimate of drug-likeness (QED) is 0.909. The highest BCUT2D eigenvalue weighted by Crippen LogP contribution is 2.36. The fourth-order valence-corrected chi connectivity index (χ4v) is 3.56. The second-order valence-corrected chi connectivity index (χ2v) is 5.42. The van der Waals surface area contributed by atoms with Crippen molar-refractivity contribution < 1.29 is 9.90 Å². The Labute approximate surface area is 97.0 Å². The lowest BCUT2D eigenvalue weighted by atomic mass is 10.4. The zero-order valence-electron chi connectivity index (χ0n) is 6.86. The number of carboxylic acids is 1. The van der Waals surface area contributed by atoms with Crippen molar-refractivity contribution in [3.05, 3.63) is 32.9 Å². The Morgan fingerprint density at radius 1 is 1.43 bits per heavy atom. The first-order chi connectivity index (χ1) is 6.68. The molecule has 0 spiro atoms. The predicted molar refractivity (Wildman–Crippen MR) is 62.3 cm³/mol. The van der Waals surface area contributed by atoms with Crippen molar-refractivity contribution in [1.29, 1.82) is 0 Å². The molecule has 2 aromatic heterocycles. The number of aromatic carboxylic acids is 1. The molecule has 72 valence electrons. The molecule has 0 bridgehead atoms. The highest BCUT2D eigenvalue weighted by molar-refractivity contribution is 9.10. The summed E-state index contributed by atoms with van der Waals surface area (Å²) in [5.74, 6) is -0.885. The van der Waals surface area contributed by atoms with E-state index in [1.165, 1.54) is 11.3 Å². The van der Waals surface area contributed by atoms with Crippen molar-refractivity contribution in [2.45, 2.75) is 0 Å². The molecule has 0 saturated carbocycles. The van der Waals surface area contributed by atoms with Gasteiger partial charge in [0.1, 0.15) is 4.88 Å². The van der Waals surface area contributed by atoms with Gasteiger partial charge >= 0.3 is 5.97 Å². The summed E-state index contributed by atoms with van der Waals surface area (Å²) in [6.07, 6.45) is 0. The smallest absolute Gasteiger partial charge is 0.347 e. The summed E-state index contributed by atoms with van der Waals surface area (Å²) < 4.78 is 0.651. The molecule has 0 atom stereocenters. The van der Waals surface area contributed by atoms with E-state index < -0.39 is 5.97 Å². The van der Waals surface area contributed by atoms with Crippen molar-refractivity contribution in [2.24, 2.45) is 0 Å². The van der Waals surface area contributed by atoms with Gasteiger partial charge in [0.25, 0.3) is 0 Å². The second-order valence-electron chi connectivity index (χ2n) is 2.57. The molecule has 0 fully saturated rings. The summed E-state index contributed by atoms with van der Waals surface area (Å²) in [5, 5.41) is 10.8. The molecule has 0 aliphatic heterocycles. The summed E-state index contributed by atoms with van der Waals surface area (Å²) >= 11 is 6.13. The number of rotatable bonds is 2. The molecule has 14 heavy (non-hydrogen) atoms. The average Bonchev–Trinajstić information content (AvgIpc) is 2.70. The van der Waals surface area contributed by atoms with E-state index >= 15 is 0 Å². The van der Waals surface area contributed by atoms with Crippen LogP contribution in [0.4, 0.5) is 0 Å². The molecule has 5 heteroatoms. The van der Waals surface area contributed by atoms with Crippen molar-refractivity contribution in [3.63, 3.8) is 0 Å². The third-order valence-electron chi connectivity index (χ3n) is 1.65. The van der Waals surface area contributed by atoms with E-state index in [1.807, 2.05) is 23.6 Å². The fraction of sp³-hybridized carbons (Fsp3) is 0. The maximum Gasteiger partial charge on any atom is 0.347 e. The van der Waals surface area contributed by atoms with Gasteiger partial charge in [-0.2, -0.15) is 0 Å². The minimum atomic E-state index is -0.885. The standard InChI is InChI=1S/C9H5BrO2S2/c10-5-4-7(6-2-1-3-13-6)14-8(5)9(11)12/h1-4H,(H,11,12). The number of thiophene rings is 2. The highest BCUT2D eigenvalue weighted by Gasteiger charge is 2.14. The van der Waals surface area contributed by atoms with E-state index in [-0.39, 0.29) is 0 Å². The largest absolute Gasteiger partial charge is 0.477 e. The van der Waals surface area contributed by atoms with Crippen LogP contribution in [-0.2, 0) is 0 Å². The number of halogens is 1. The Bertz CT molecular complexity index is 459. The average molecular weight is 289 g/mol. The van der Waals surface area contributed by atoms with Gasteiger partial charge < -0.3 is 5.11 Å². The molecule has 0 aliphatic rings. The Morgan fingerprint density at radius 2 is 2.21 bits per heavy atom. The van der Waals surface area contributed by atoms with Crippen molar-refractivity contribution >= 4 is 44.6 Å². The molecule has 0 saturated heterocycles. The third-order valence-corrected chi connectivity index (χ3v) is 4.72. The maximum absolute atomic E-state index is 10.8. The van der Waals surface area contributed by atoms with Crippen LogP contribution in [0.15, 0.2) is 28.1 Å². The topological polar surface area (TPSA) is 37.3 Å². The van der Waals surface area contributed by atoms with Gasteiger partial charge in [-0.1, -0.05) is 6.07 Å². The monoisotopic (exact) mass is 288 g/mol. The minimum Gasteiger partial charge on any atom is -0.477 e. The fourth-order valence-electron chi connectivity index (χ4n) is 1.05. The van der Waals surface area contributed by atoms with Gasteiger partial charge in [-0.15, -0.1) is 22.7 Å². The van der Waals surface area contributed by atoms with Gasteiger partial charge in [-0.25, -0.2) is 4.79 Å². The second kappa shape index (κ2) is 3.84. The number of hydrogen-bond donors (Lipinski definition) is 1. The number of carbonyl (C=O) groups is 1. The molecular weight excluding hydrogens is 284 g/mol. The molecule has 0 radical (unpaired) electrons. The van der Waals surface area contributed by atoms with Crippen molar-refractivity contribution in [1.82, 2.24) is 0 Å². The summed E-state index contributed by atoms with van der Waals surface area (Å²) in [7, 11) is 0. The van der Waals surface area contributed by atoms with Gasteiger partial charge in [0.15, 0.2) is 0 Å². The lowest BCUT2D eigenvalue weighted by molar-refractivity contribution is 0.0701. The first kappa shape index (κ1) is 9.89. The molecule has 0 aromatic carbocycles. The first-order valence-electron chi connectivity index (χ1n) is 3.75. The lowest BCUT2D eigenvalue weighted by Crippen LogP contribution is -1.91. The number of carboxylic acid groups (broad SMARTS) is 1. The molecule has 2 aromatic rings. The summed E-state index contributed by atoms with van der Waals surface area (Å²) in [6.45, 7) is 0. The molecule has 2 nitrogen and oxygen atoms in total. The summed E-state index contributed by atoms with van der Waals surface area (Å²) in [6, 6.07) is 5.78. The Hall–Kier alpha value is -0.650. The molecule has 0 unspecified atom stereocenters. The van der Waals surface area contributed by atoms with Gasteiger partial charge in [0.2, 0.25) is 0 Å². The SMILES string of the molecule is O=C(O)c1sc(-c2cccs2)cc1Br. The van der Waals surface area contributed by atoms with E-state index in [0.717, 1.165) is 9.75 Å². The maximum atomic E-state index is 10.8. The minimum absolute atomic E-state index is 0.355. The van der Waals surface area contributed by atoms with Gasteiger partial charge in [-0.3, -0.25) is 0 Å². The summed E-state index contributed by atoms with van der Waals surface area (Å²) in [4.78, 5) is 13.2. The molecule has 2 rings (SSSR count). The van der Waals surface area contributed by atoms with Crippen LogP contribution < -0.4 is 0 Å². The predicted octanol–water partition coefficient (Wildman–Crippen LogP) is 3.94. The Balaban J connectivity index is 2.48. The zero-order chi connectivity index (χ0) is 10.1. The van der Waals surface area contributed by atoms with Gasteiger partial charge in [0.05, 0.1) is 0 Å². The van der Waals surface area contributed by atoms with Crippen molar-refractivity contribution in [2.75, 3.05) is 0 Å².